The molecule has 1 amide bonds. The first-order valence-electron chi connectivity index (χ1n) is 7.11. The van der Waals surface area contributed by atoms with E-state index >= 15 is 0 Å². The SMILES string of the molecule is CCOc1ccc(Br)cc1C1NC(=O)c2c(sc(C)c2C)N1. The number of ether oxygens (including phenoxy) is 1. The summed E-state index contributed by atoms with van der Waals surface area (Å²) in [5, 5.41) is 7.36. The van der Waals surface area contributed by atoms with Gasteiger partial charge in [0.05, 0.1) is 12.2 Å². The molecule has 0 bridgehead atoms. The molecule has 3 rings (SSSR count). The highest BCUT2D eigenvalue weighted by Gasteiger charge is 2.30. The minimum absolute atomic E-state index is 0.0389. The average Bonchev–Trinajstić information content (AvgIpc) is 2.76. The van der Waals surface area contributed by atoms with Gasteiger partial charge in [0.25, 0.3) is 5.91 Å². The maximum absolute atomic E-state index is 12.5. The van der Waals surface area contributed by atoms with Crippen LogP contribution in [0.2, 0.25) is 0 Å². The number of anilines is 1. The Morgan fingerprint density at radius 2 is 2.09 bits per heavy atom. The molecule has 0 aliphatic carbocycles. The van der Waals surface area contributed by atoms with Gasteiger partial charge in [0.15, 0.2) is 0 Å². The summed E-state index contributed by atoms with van der Waals surface area (Å²) in [4.78, 5) is 13.6. The van der Waals surface area contributed by atoms with Gasteiger partial charge in [-0.05, 0) is 44.5 Å². The summed E-state index contributed by atoms with van der Waals surface area (Å²) >= 11 is 5.10. The Morgan fingerprint density at radius 1 is 1.32 bits per heavy atom. The second-order valence-corrected chi connectivity index (χ2v) is 7.29. The van der Waals surface area contributed by atoms with Crippen LogP contribution in [0.15, 0.2) is 22.7 Å². The molecule has 1 aromatic heterocycles. The molecule has 1 aliphatic rings. The molecule has 6 heteroatoms. The Kier molecular flexibility index (Phi) is 4.14. The van der Waals surface area contributed by atoms with Crippen molar-refractivity contribution >= 4 is 38.2 Å². The number of halogens is 1. The van der Waals surface area contributed by atoms with Crippen LogP contribution in [0.25, 0.3) is 0 Å². The van der Waals surface area contributed by atoms with Gasteiger partial charge in [0, 0.05) is 14.9 Å². The van der Waals surface area contributed by atoms with Crippen LogP contribution in [0.5, 0.6) is 5.75 Å². The van der Waals surface area contributed by atoms with E-state index in [1.165, 1.54) is 0 Å². The van der Waals surface area contributed by atoms with Crippen molar-refractivity contribution in [3.63, 3.8) is 0 Å². The molecule has 2 heterocycles. The normalized spacial score (nSPS) is 16.7. The van der Waals surface area contributed by atoms with E-state index < -0.39 is 0 Å². The highest BCUT2D eigenvalue weighted by molar-refractivity contribution is 9.10. The Hall–Kier alpha value is -1.53. The van der Waals surface area contributed by atoms with Crippen molar-refractivity contribution in [2.24, 2.45) is 0 Å². The van der Waals surface area contributed by atoms with E-state index in [-0.39, 0.29) is 12.1 Å². The van der Waals surface area contributed by atoms with Crippen LogP contribution in [0, 0.1) is 13.8 Å². The monoisotopic (exact) mass is 380 g/mol. The third-order valence-corrected chi connectivity index (χ3v) is 5.38. The lowest BCUT2D eigenvalue weighted by Gasteiger charge is -2.28. The van der Waals surface area contributed by atoms with E-state index in [0.717, 1.165) is 36.8 Å². The van der Waals surface area contributed by atoms with Crippen molar-refractivity contribution in [3.05, 3.63) is 44.2 Å². The number of nitrogens with one attached hydrogen (secondary N) is 2. The standard InChI is InChI=1S/C16H17BrN2O2S/c1-4-21-12-6-5-10(17)7-11(12)14-18-15(20)13-8(2)9(3)22-16(13)19-14/h5-7,14,19H,4H2,1-3H3,(H,18,20). The number of hydrogen-bond acceptors (Lipinski definition) is 4. The molecule has 1 atom stereocenters. The number of carbonyl (C=O) groups excluding carboxylic acids is 1. The Labute approximate surface area is 142 Å². The second kappa shape index (κ2) is 5.93. The summed E-state index contributed by atoms with van der Waals surface area (Å²) in [7, 11) is 0. The van der Waals surface area contributed by atoms with Crippen molar-refractivity contribution < 1.29 is 9.53 Å². The summed E-state index contributed by atoms with van der Waals surface area (Å²) < 4.78 is 6.64. The summed E-state index contributed by atoms with van der Waals surface area (Å²) in [6, 6.07) is 5.82. The van der Waals surface area contributed by atoms with Crippen LogP contribution in [0.4, 0.5) is 5.00 Å². The van der Waals surface area contributed by atoms with Gasteiger partial charge in [-0.25, -0.2) is 0 Å². The fraction of sp³-hybridized carbons (Fsp3) is 0.312. The highest BCUT2D eigenvalue weighted by Crippen LogP contribution is 2.39. The molecule has 0 saturated heterocycles. The summed E-state index contributed by atoms with van der Waals surface area (Å²) in [5.74, 6) is 0.736. The molecule has 0 spiro atoms. The van der Waals surface area contributed by atoms with E-state index in [1.54, 1.807) is 11.3 Å². The minimum Gasteiger partial charge on any atom is -0.493 e. The number of aryl methyl sites for hydroxylation is 1. The van der Waals surface area contributed by atoms with Crippen LogP contribution in [0.3, 0.4) is 0 Å². The lowest BCUT2D eigenvalue weighted by molar-refractivity contribution is 0.0935. The Morgan fingerprint density at radius 3 is 2.82 bits per heavy atom. The first-order chi connectivity index (χ1) is 10.5. The number of rotatable bonds is 3. The van der Waals surface area contributed by atoms with Crippen molar-refractivity contribution in [2.45, 2.75) is 26.9 Å². The van der Waals surface area contributed by atoms with E-state index in [2.05, 4.69) is 26.6 Å². The molecule has 22 heavy (non-hydrogen) atoms. The van der Waals surface area contributed by atoms with Crippen LogP contribution in [-0.4, -0.2) is 12.5 Å². The number of hydrogen-bond donors (Lipinski definition) is 2. The fourth-order valence-electron chi connectivity index (χ4n) is 2.56. The molecule has 0 fully saturated rings. The minimum atomic E-state index is -0.295. The topological polar surface area (TPSA) is 50.4 Å². The second-order valence-electron chi connectivity index (χ2n) is 5.15. The molecular weight excluding hydrogens is 364 g/mol. The molecule has 4 nitrogen and oxygen atoms in total. The molecule has 0 saturated carbocycles. The number of benzene rings is 1. The molecular formula is C16H17BrN2O2S. The third-order valence-electron chi connectivity index (χ3n) is 3.75. The Bertz CT molecular complexity index is 742. The number of thiophene rings is 1. The van der Waals surface area contributed by atoms with Crippen LogP contribution >= 0.6 is 27.3 Å². The van der Waals surface area contributed by atoms with E-state index in [4.69, 9.17) is 4.74 Å². The number of carbonyl (C=O) groups is 1. The van der Waals surface area contributed by atoms with Gasteiger partial charge >= 0.3 is 0 Å². The van der Waals surface area contributed by atoms with Crippen LogP contribution in [0.1, 0.15) is 39.5 Å². The fourth-order valence-corrected chi connectivity index (χ4v) is 4.02. The summed E-state index contributed by atoms with van der Waals surface area (Å²) in [6.07, 6.45) is -0.295. The zero-order valence-corrected chi connectivity index (χ0v) is 15.0. The smallest absolute Gasteiger partial charge is 0.256 e. The predicted octanol–water partition coefficient (Wildman–Crippen LogP) is 4.38. The van der Waals surface area contributed by atoms with Crippen LogP contribution < -0.4 is 15.4 Å². The summed E-state index contributed by atoms with van der Waals surface area (Å²) in [6.45, 7) is 6.55. The van der Waals surface area contributed by atoms with Gasteiger partial charge in [-0.1, -0.05) is 15.9 Å². The lowest BCUT2D eigenvalue weighted by Crippen LogP contribution is -2.38. The maximum Gasteiger partial charge on any atom is 0.256 e. The molecule has 2 N–H and O–H groups in total. The highest BCUT2D eigenvalue weighted by atomic mass is 79.9. The largest absolute Gasteiger partial charge is 0.493 e. The Balaban J connectivity index is 2.01. The van der Waals surface area contributed by atoms with Crippen molar-refractivity contribution in [2.75, 3.05) is 11.9 Å². The first kappa shape index (κ1) is 15.4. The number of fused-ring (bicyclic) bond motifs is 1. The summed E-state index contributed by atoms with van der Waals surface area (Å²) in [5.41, 5.74) is 2.72. The quantitative estimate of drug-likeness (QED) is 0.830. The lowest BCUT2D eigenvalue weighted by atomic mass is 10.1. The van der Waals surface area contributed by atoms with Gasteiger partial charge in [-0.2, -0.15) is 0 Å². The first-order valence-corrected chi connectivity index (χ1v) is 8.71. The zero-order chi connectivity index (χ0) is 15.9. The van der Waals surface area contributed by atoms with Crippen molar-refractivity contribution in [1.29, 1.82) is 0 Å². The maximum atomic E-state index is 12.5. The van der Waals surface area contributed by atoms with Crippen molar-refractivity contribution in [1.82, 2.24) is 5.32 Å². The van der Waals surface area contributed by atoms with E-state index in [9.17, 15) is 4.79 Å². The van der Waals surface area contributed by atoms with Crippen LogP contribution in [-0.2, 0) is 0 Å². The van der Waals surface area contributed by atoms with E-state index in [0.29, 0.717) is 6.61 Å². The molecule has 1 aliphatic heterocycles. The van der Waals surface area contributed by atoms with Crippen molar-refractivity contribution in [3.8, 4) is 5.75 Å². The molecule has 1 unspecified atom stereocenters. The number of amides is 1. The zero-order valence-electron chi connectivity index (χ0n) is 12.6. The molecule has 0 radical (unpaired) electrons. The molecule has 116 valence electrons. The van der Waals surface area contributed by atoms with Gasteiger partial charge in [-0.15, -0.1) is 11.3 Å². The van der Waals surface area contributed by atoms with Gasteiger partial charge < -0.3 is 15.4 Å². The molecule has 2 aromatic rings. The van der Waals surface area contributed by atoms with Gasteiger partial charge in [0.1, 0.15) is 16.9 Å². The molecule has 1 aromatic carbocycles. The van der Waals surface area contributed by atoms with Gasteiger partial charge in [0.2, 0.25) is 0 Å². The third kappa shape index (κ3) is 2.61. The predicted molar refractivity (Wildman–Crippen MR) is 92.9 cm³/mol. The van der Waals surface area contributed by atoms with E-state index in [1.807, 2.05) is 39.0 Å². The van der Waals surface area contributed by atoms with Gasteiger partial charge in [-0.3, -0.25) is 4.79 Å². The average molecular weight is 381 g/mol.